The van der Waals surface area contributed by atoms with E-state index in [4.69, 9.17) is 11.6 Å². The van der Waals surface area contributed by atoms with Crippen LogP contribution >= 0.6 is 11.6 Å². The molecule has 0 atom stereocenters. The van der Waals surface area contributed by atoms with Gasteiger partial charge in [-0.15, -0.1) is 11.6 Å². The maximum Gasteiger partial charge on any atom is 0.190 e. The van der Waals surface area contributed by atoms with Crippen LogP contribution in [0.4, 0.5) is 0 Å². The van der Waals surface area contributed by atoms with Gasteiger partial charge in [0.1, 0.15) is 5.41 Å². The number of benzene rings is 2. The molecule has 0 saturated carbocycles. The summed E-state index contributed by atoms with van der Waals surface area (Å²) in [6.07, 6.45) is 1.32. The van der Waals surface area contributed by atoms with Crippen molar-refractivity contribution < 1.29 is 4.79 Å². The molecular weight excluding hydrogens is 284 g/mol. The summed E-state index contributed by atoms with van der Waals surface area (Å²) in [6, 6.07) is 20.4. The van der Waals surface area contributed by atoms with Crippen LogP contribution in [-0.2, 0) is 4.79 Å². The smallest absolute Gasteiger partial charge is 0.190 e. The summed E-state index contributed by atoms with van der Waals surface area (Å²) in [5.41, 5.74) is 0. The molecule has 3 heteroatoms. The van der Waals surface area contributed by atoms with Gasteiger partial charge in [0.25, 0.3) is 0 Å². The van der Waals surface area contributed by atoms with Crippen LogP contribution in [0.1, 0.15) is 12.8 Å². The van der Waals surface area contributed by atoms with Gasteiger partial charge >= 0.3 is 0 Å². The molecule has 0 N–H and O–H groups in total. The van der Waals surface area contributed by atoms with Gasteiger partial charge in [0, 0.05) is 12.3 Å². The maximum absolute atomic E-state index is 12.8. The van der Waals surface area contributed by atoms with E-state index in [1.807, 2.05) is 36.4 Å². The molecule has 0 unspecified atom stereocenters. The molecule has 0 heterocycles. The molecule has 0 aliphatic carbocycles. The fourth-order valence-corrected chi connectivity index (χ4v) is 6.01. The van der Waals surface area contributed by atoms with Gasteiger partial charge in [-0.1, -0.05) is 67.2 Å². The first-order valence-electron chi connectivity index (χ1n) is 6.90. The number of carbonyl (C=O) groups is 1. The Balaban J connectivity index is 2.46. The zero-order chi connectivity index (χ0) is 14.4. The van der Waals surface area contributed by atoms with Crippen LogP contribution in [0.3, 0.4) is 0 Å². The van der Waals surface area contributed by atoms with Crippen LogP contribution in [0, 0.1) is 0 Å². The molecule has 0 amide bonds. The van der Waals surface area contributed by atoms with Gasteiger partial charge in [0.2, 0.25) is 0 Å². The van der Waals surface area contributed by atoms with Crippen molar-refractivity contribution in [1.82, 2.24) is 0 Å². The molecule has 0 radical (unpaired) electrons. The van der Waals surface area contributed by atoms with Gasteiger partial charge in [-0.25, -0.2) is 0 Å². The molecule has 0 aromatic heterocycles. The van der Waals surface area contributed by atoms with Crippen LogP contribution < -0.4 is 10.4 Å². The van der Waals surface area contributed by atoms with Crippen molar-refractivity contribution in [3.63, 3.8) is 0 Å². The van der Waals surface area contributed by atoms with E-state index in [2.05, 4.69) is 30.8 Å². The summed E-state index contributed by atoms with van der Waals surface area (Å²) in [4.78, 5) is 12.8. The number of hydrogen-bond donors (Lipinski definition) is 0. The summed E-state index contributed by atoms with van der Waals surface area (Å²) in [5.74, 6) is 0.541. The maximum atomic E-state index is 12.8. The van der Waals surface area contributed by atoms with Crippen molar-refractivity contribution >= 4 is 35.5 Å². The third kappa shape index (κ3) is 3.02. The van der Waals surface area contributed by atoms with Crippen LogP contribution in [-0.4, -0.2) is 19.4 Å². The van der Waals surface area contributed by atoms with E-state index in [1.165, 1.54) is 10.4 Å². The van der Waals surface area contributed by atoms with Crippen molar-refractivity contribution in [3.8, 4) is 0 Å². The lowest BCUT2D eigenvalue weighted by Crippen LogP contribution is -2.62. The summed E-state index contributed by atoms with van der Waals surface area (Å²) in [5, 5.41) is 2.70. The van der Waals surface area contributed by atoms with Crippen molar-refractivity contribution in [1.29, 1.82) is 0 Å². The molecule has 0 saturated heterocycles. The van der Waals surface area contributed by atoms with Crippen LogP contribution in [0.25, 0.3) is 0 Å². The second-order valence-corrected chi connectivity index (χ2v) is 9.41. The first-order chi connectivity index (χ1) is 9.69. The third-order valence-corrected chi connectivity index (χ3v) is 8.41. The van der Waals surface area contributed by atoms with Crippen LogP contribution in [0.2, 0.25) is 6.55 Å². The fraction of sp³-hybridized carbons (Fsp3) is 0.235. The van der Waals surface area contributed by atoms with E-state index in [9.17, 15) is 4.79 Å². The predicted molar refractivity (Wildman–Crippen MR) is 88.7 cm³/mol. The Hall–Kier alpha value is -1.38. The van der Waals surface area contributed by atoms with Gasteiger partial charge < -0.3 is 4.79 Å². The molecule has 0 bridgehead atoms. The minimum absolute atomic E-state index is 0.357. The molecule has 104 valence electrons. The third-order valence-electron chi connectivity index (χ3n) is 3.80. The van der Waals surface area contributed by atoms with Crippen molar-refractivity contribution in [2.24, 2.45) is 0 Å². The van der Waals surface area contributed by atoms with Crippen LogP contribution in [0.15, 0.2) is 60.7 Å². The quantitative estimate of drug-likeness (QED) is 0.592. The molecule has 0 spiro atoms. The van der Waals surface area contributed by atoms with Crippen LogP contribution in [0.5, 0.6) is 0 Å². The van der Waals surface area contributed by atoms with Gasteiger partial charge in [-0.2, -0.15) is 0 Å². The van der Waals surface area contributed by atoms with Crippen molar-refractivity contribution in [2.45, 2.75) is 19.4 Å². The number of rotatable bonds is 6. The molecule has 0 aliphatic heterocycles. The minimum Gasteiger partial charge on any atom is -0.305 e. The van der Waals surface area contributed by atoms with Gasteiger partial charge in [-0.05, 0) is 16.8 Å². The highest BCUT2D eigenvalue weighted by atomic mass is 35.5. The average molecular weight is 303 g/mol. The predicted octanol–water partition coefficient (Wildman–Crippen LogP) is 3.01. The number of alkyl halides is 1. The number of carbonyl (C=O) groups excluding carboxylic acids is 1. The Morgan fingerprint density at radius 1 is 0.950 bits per heavy atom. The molecule has 20 heavy (non-hydrogen) atoms. The highest BCUT2D eigenvalue weighted by molar-refractivity contribution is 7.21. The molecule has 1 nitrogen and oxygen atoms in total. The van der Waals surface area contributed by atoms with Gasteiger partial charge in [-0.3, -0.25) is 0 Å². The lowest BCUT2D eigenvalue weighted by Gasteiger charge is -2.27. The summed E-state index contributed by atoms with van der Waals surface area (Å²) >= 11 is 5.75. The Morgan fingerprint density at radius 2 is 1.40 bits per heavy atom. The Kier molecular flexibility index (Phi) is 5.15. The first-order valence-corrected chi connectivity index (χ1v) is 9.93. The Morgan fingerprint density at radius 3 is 1.80 bits per heavy atom. The second-order valence-electron chi connectivity index (χ2n) is 5.07. The van der Waals surface area contributed by atoms with E-state index in [0.717, 1.165) is 6.42 Å². The highest BCUT2D eigenvalue weighted by Gasteiger charge is 2.38. The van der Waals surface area contributed by atoms with Gasteiger partial charge in [0.15, 0.2) is 8.07 Å². The molecule has 0 fully saturated rings. The normalized spacial score (nSPS) is 11.3. The van der Waals surface area contributed by atoms with E-state index >= 15 is 0 Å². The summed E-state index contributed by atoms with van der Waals surface area (Å²) in [7, 11) is -2.34. The first kappa shape index (κ1) is 15.0. The molecular formula is C17H19ClOSi. The van der Waals surface area contributed by atoms with E-state index in [-0.39, 0.29) is 0 Å². The second kappa shape index (κ2) is 6.87. The molecule has 0 aliphatic rings. The molecule has 2 aromatic carbocycles. The summed E-state index contributed by atoms with van der Waals surface area (Å²) < 4.78 is 0. The molecule has 2 aromatic rings. The van der Waals surface area contributed by atoms with Gasteiger partial charge in [0.05, 0.1) is 0 Å². The lowest BCUT2D eigenvalue weighted by molar-refractivity contribution is -0.112. The largest absolute Gasteiger partial charge is 0.305 e. The zero-order valence-electron chi connectivity index (χ0n) is 11.7. The zero-order valence-corrected chi connectivity index (χ0v) is 13.4. The number of hydrogen-bond acceptors (Lipinski definition) is 1. The lowest BCUT2D eigenvalue weighted by atomic mass is 10.3. The topological polar surface area (TPSA) is 17.1 Å². The van der Waals surface area contributed by atoms with Crippen molar-refractivity contribution in [2.75, 3.05) is 5.88 Å². The Bertz CT molecular complexity index is 514. The van der Waals surface area contributed by atoms with E-state index in [1.54, 1.807) is 0 Å². The van der Waals surface area contributed by atoms with Crippen molar-refractivity contribution in [3.05, 3.63) is 60.7 Å². The SMILES string of the molecule is C[Si](C(=O)CCCCl)(c1ccccc1)c1ccccc1. The molecule has 2 rings (SSSR count). The monoisotopic (exact) mass is 302 g/mol. The standard InChI is InChI=1S/C17H19ClOSi/c1-20(17(19)13-8-14-18,15-9-4-2-5-10-15)16-11-6-3-7-12-16/h2-7,9-12H,8,13-14H2,1H3. The highest BCUT2D eigenvalue weighted by Crippen LogP contribution is 2.11. The van der Waals surface area contributed by atoms with E-state index < -0.39 is 8.07 Å². The van der Waals surface area contributed by atoms with E-state index in [0.29, 0.717) is 17.7 Å². The summed E-state index contributed by atoms with van der Waals surface area (Å²) in [6.45, 7) is 2.15. The minimum atomic E-state index is -2.34. The average Bonchev–Trinajstić information content (AvgIpc) is 2.53. The number of halogens is 1. The fourth-order valence-electron chi connectivity index (χ4n) is 2.51. The Labute approximate surface area is 126 Å².